The monoisotopic (exact) mass is 533 g/mol. The number of hydrogen-bond acceptors (Lipinski definition) is 5. The minimum Gasteiger partial charge on any atom is -0.369 e. The number of carbonyl (C=O) groups excluding carboxylic acids is 2. The van der Waals surface area contributed by atoms with Gasteiger partial charge in [0.05, 0.1) is 6.04 Å². The normalized spacial score (nSPS) is 15.8. The zero-order valence-electron chi connectivity index (χ0n) is 21.3. The van der Waals surface area contributed by atoms with Crippen molar-refractivity contribution >= 4 is 39.7 Å². The molecule has 0 spiro atoms. The van der Waals surface area contributed by atoms with Crippen LogP contribution in [0.4, 0.5) is 10.1 Å². The highest BCUT2D eigenvalue weighted by Gasteiger charge is 2.32. The molecule has 198 valence electrons. The Morgan fingerprint density at radius 1 is 1.00 bits per heavy atom. The molecule has 0 radical (unpaired) electrons. The lowest BCUT2D eigenvalue weighted by Crippen LogP contribution is -2.53. The van der Waals surface area contributed by atoms with E-state index in [0.717, 1.165) is 53.2 Å². The summed E-state index contributed by atoms with van der Waals surface area (Å²) in [6.07, 6.45) is 2.58. The van der Waals surface area contributed by atoms with E-state index in [-0.39, 0.29) is 17.9 Å². The molecular formula is C29H32FN5O2S. The van der Waals surface area contributed by atoms with Crippen molar-refractivity contribution in [1.29, 1.82) is 0 Å². The molecule has 0 unspecified atom stereocenters. The van der Waals surface area contributed by atoms with E-state index in [9.17, 15) is 14.0 Å². The van der Waals surface area contributed by atoms with E-state index in [1.807, 2.05) is 61.0 Å². The van der Waals surface area contributed by atoms with Crippen LogP contribution in [-0.4, -0.2) is 60.5 Å². The lowest BCUT2D eigenvalue weighted by atomic mass is 10.0. The smallest absolute Gasteiger partial charge is 0.309 e. The second-order valence-corrected chi connectivity index (χ2v) is 10.6. The number of fused-ring (bicyclic) bond motifs is 1. The Kier molecular flexibility index (Phi) is 8.05. The van der Waals surface area contributed by atoms with Crippen LogP contribution in [0.3, 0.4) is 0 Å². The molecule has 38 heavy (non-hydrogen) atoms. The Morgan fingerprint density at radius 3 is 2.50 bits per heavy atom. The zero-order chi connectivity index (χ0) is 26.5. The number of piperazine rings is 1. The van der Waals surface area contributed by atoms with Crippen LogP contribution in [0.25, 0.3) is 10.9 Å². The van der Waals surface area contributed by atoms with Gasteiger partial charge in [-0.3, -0.25) is 14.5 Å². The Morgan fingerprint density at radius 2 is 1.76 bits per heavy atom. The fourth-order valence-corrected chi connectivity index (χ4v) is 6.16. The van der Waals surface area contributed by atoms with Crippen LogP contribution in [0.5, 0.6) is 0 Å². The first kappa shape index (κ1) is 25.9. The Labute approximate surface area is 225 Å². The van der Waals surface area contributed by atoms with Crippen molar-refractivity contribution < 1.29 is 14.0 Å². The maximum Gasteiger partial charge on any atom is 0.309 e. The van der Waals surface area contributed by atoms with E-state index in [0.29, 0.717) is 13.0 Å². The summed E-state index contributed by atoms with van der Waals surface area (Å²) in [5, 5.41) is 8.86. The number of carbonyl (C=O) groups is 2. The van der Waals surface area contributed by atoms with Crippen LogP contribution >= 0.6 is 11.3 Å². The molecule has 5 rings (SSSR count). The molecule has 1 aliphatic heterocycles. The summed E-state index contributed by atoms with van der Waals surface area (Å²) < 4.78 is 13.3. The minimum absolute atomic E-state index is 0.0478. The fraction of sp³-hybridized carbons (Fsp3) is 0.310. The predicted molar refractivity (Wildman–Crippen MR) is 150 cm³/mol. The molecular weight excluding hydrogens is 501 g/mol. The molecule has 1 saturated heterocycles. The number of benzene rings is 2. The summed E-state index contributed by atoms with van der Waals surface area (Å²) in [6.45, 7) is 5.50. The predicted octanol–water partition coefficient (Wildman–Crippen LogP) is 4.10. The SMILES string of the molecule is C[C@@H](NC(=O)C(=O)NCCc1c[nH]c2ccccc12)[C@H](c1cccs1)N1CCN(c2ccc(F)cc2)CC1. The average molecular weight is 534 g/mol. The van der Waals surface area contributed by atoms with Crippen molar-refractivity contribution in [3.05, 3.63) is 88.5 Å². The maximum absolute atomic E-state index is 13.3. The first-order valence-electron chi connectivity index (χ1n) is 12.9. The van der Waals surface area contributed by atoms with Crippen LogP contribution in [0.1, 0.15) is 23.4 Å². The molecule has 0 bridgehead atoms. The van der Waals surface area contributed by atoms with Gasteiger partial charge in [0.25, 0.3) is 0 Å². The number of anilines is 1. The summed E-state index contributed by atoms with van der Waals surface area (Å²) in [5.41, 5.74) is 3.16. The summed E-state index contributed by atoms with van der Waals surface area (Å²) in [4.78, 5) is 34.4. The van der Waals surface area contributed by atoms with Crippen molar-refractivity contribution in [2.75, 3.05) is 37.6 Å². The number of aromatic amines is 1. The van der Waals surface area contributed by atoms with E-state index in [2.05, 4.69) is 31.5 Å². The zero-order valence-corrected chi connectivity index (χ0v) is 22.1. The molecule has 2 amide bonds. The summed E-state index contributed by atoms with van der Waals surface area (Å²) in [7, 11) is 0. The summed E-state index contributed by atoms with van der Waals surface area (Å²) in [6, 6.07) is 18.4. The molecule has 4 aromatic rings. The molecule has 1 aliphatic rings. The number of nitrogens with zero attached hydrogens (tertiary/aromatic N) is 2. The molecule has 3 heterocycles. The van der Waals surface area contributed by atoms with E-state index < -0.39 is 11.8 Å². The summed E-state index contributed by atoms with van der Waals surface area (Å²) >= 11 is 1.65. The first-order valence-corrected chi connectivity index (χ1v) is 13.8. The lowest BCUT2D eigenvalue weighted by Gasteiger charge is -2.42. The van der Waals surface area contributed by atoms with Gasteiger partial charge in [-0.25, -0.2) is 4.39 Å². The molecule has 9 heteroatoms. The van der Waals surface area contributed by atoms with E-state index >= 15 is 0 Å². The lowest BCUT2D eigenvalue weighted by molar-refractivity contribution is -0.139. The number of rotatable bonds is 8. The number of halogens is 1. The maximum atomic E-state index is 13.3. The Hall–Kier alpha value is -3.69. The quantitative estimate of drug-likeness (QED) is 0.298. The van der Waals surface area contributed by atoms with Crippen molar-refractivity contribution in [3.8, 4) is 0 Å². The van der Waals surface area contributed by atoms with Crippen molar-refractivity contribution in [1.82, 2.24) is 20.5 Å². The van der Waals surface area contributed by atoms with Gasteiger partial charge in [-0.2, -0.15) is 0 Å². The number of thiophene rings is 1. The minimum atomic E-state index is -0.622. The largest absolute Gasteiger partial charge is 0.369 e. The molecule has 2 atom stereocenters. The number of hydrogen-bond donors (Lipinski definition) is 3. The number of amides is 2. The second-order valence-electron chi connectivity index (χ2n) is 9.59. The number of H-pyrrole nitrogens is 1. The average Bonchev–Trinajstić information content (AvgIpc) is 3.60. The van der Waals surface area contributed by atoms with Crippen LogP contribution in [0.15, 0.2) is 72.2 Å². The molecule has 1 fully saturated rings. The number of para-hydroxylation sites is 1. The van der Waals surface area contributed by atoms with Crippen LogP contribution in [-0.2, 0) is 16.0 Å². The van der Waals surface area contributed by atoms with Gasteiger partial charge in [0.1, 0.15) is 5.82 Å². The van der Waals surface area contributed by atoms with Crippen molar-refractivity contribution in [2.45, 2.75) is 25.4 Å². The van der Waals surface area contributed by atoms with E-state index in [1.165, 1.54) is 12.1 Å². The highest BCUT2D eigenvalue weighted by atomic mass is 32.1. The molecule has 3 N–H and O–H groups in total. The molecule has 7 nitrogen and oxygen atoms in total. The van der Waals surface area contributed by atoms with Crippen molar-refractivity contribution in [2.24, 2.45) is 0 Å². The third kappa shape index (κ3) is 5.89. The van der Waals surface area contributed by atoms with Gasteiger partial charge in [0, 0.05) is 66.4 Å². The van der Waals surface area contributed by atoms with Crippen LogP contribution < -0.4 is 15.5 Å². The van der Waals surface area contributed by atoms with Gasteiger partial charge in [-0.15, -0.1) is 11.3 Å². The Balaban J connectivity index is 1.16. The van der Waals surface area contributed by atoms with Gasteiger partial charge >= 0.3 is 11.8 Å². The number of aromatic nitrogens is 1. The topological polar surface area (TPSA) is 80.5 Å². The van der Waals surface area contributed by atoms with E-state index in [1.54, 1.807) is 11.3 Å². The fourth-order valence-electron chi connectivity index (χ4n) is 5.19. The Bertz CT molecular complexity index is 1360. The number of nitrogens with one attached hydrogen (secondary N) is 3. The standard InChI is InChI=1S/C29H32FN5O2S/c1-20(33-29(37)28(36)31-13-12-21-19-32-25-6-3-2-5-24(21)25)27(26-7-4-18-38-26)35-16-14-34(15-17-35)23-10-8-22(30)9-11-23/h2-11,18-20,27,32H,12-17H2,1H3,(H,31,36)(H,33,37)/t20-,27-/m1/s1. The third-order valence-corrected chi connectivity index (χ3v) is 8.07. The molecule has 2 aromatic carbocycles. The van der Waals surface area contributed by atoms with Gasteiger partial charge < -0.3 is 20.5 Å². The molecule has 0 aliphatic carbocycles. The first-order chi connectivity index (χ1) is 18.5. The van der Waals surface area contributed by atoms with Gasteiger partial charge in [-0.1, -0.05) is 24.3 Å². The van der Waals surface area contributed by atoms with E-state index in [4.69, 9.17) is 0 Å². The highest BCUT2D eigenvalue weighted by Crippen LogP contribution is 2.30. The van der Waals surface area contributed by atoms with Gasteiger partial charge in [-0.05, 0) is 60.7 Å². The third-order valence-electron chi connectivity index (χ3n) is 7.13. The highest BCUT2D eigenvalue weighted by molar-refractivity contribution is 7.10. The van der Waals surface area contributed by atoms with Crippen LogP contribution in [0, 0.1) is 5.82 Å². The van der Waals surface area contributed by atoms with Gasteiger partial charge in [0.2, 0.25) is 0 Å². The summed E-state index contributed by atoms with van der Waals surface area (Å²) in [5.74, 6) is -1.48. The molecule has 0 saturated carbocycles. The van der Waals surface area contributed by atoms with Crippen LogP contribution in [0.2, 0.25) is 0 Å². The molecule has 2 aromatic heterocycles. The van der Waals surface area contributed by atoms with Gasteiger partial charge in [0.15, 0.2) is 0 Å². The second kappa shape index (κ2) is 11.8. The van der Waals surface area contributed by atoms with Crippen molar-refractivity contribution in [3.63, 3.8) is 0 Å².